The third-order valence-electron chi connectivity index (χ3n) is 13.2. The minimum absolute atomic E-state index is 0.576. The molecule has 12 aromatic rings. The Bertz CT molecular complexity index is 3810. The fraction of sp³-hybridized carbons (Fsp3) is 0.0159. The first-order valence-corrected chi connectivity index (χ1v) is 23.0. The summed E-state index contributed by atoms with van der Waals surface area (Å²) in [5, 5.41) is 1.91. The second kappa shape index (κ2) is 16.4. The quantitative estimate of drug-likeness (QED) is 0.152. The zero-order chi connectivity index (χ0) is 45.0. The van der Waals surface area contributed by atoms with Crippen molar-refractivity contribution in [3.05, 3.63) is 242 Å². The molecule has 0 saturated carbocycles. The highest BCUT2D eigenvalue weighted by atomic mass is 16.3. The first-order valence-electron chi connectivity index (χ1n) is 23.0. The first kappa shape index (κ1) is 39.3. The molecular weight excluding hydrogens is 829 g/mol. The number of fused-ring (bicyclic) bond motifs is 6. The van der Waals surface area contributed by atoms with Crippen molar-refractivity contribution in [1.82, 2.24) is 19.9 Å². The maximum Gasteiger partial charge on any atom is 0.231 e. The van der Waals surface area contributed by atoms with Crippen LogP contribution in [-0.2, 0) is 6.42 Å². The molecule has 68 heavy (non-hydrogen) atoms. The first-order chi connectivity index (χ1) is 33.7. The molecule has 3 aromatic heterocycles. The molecule has 0 unspecified atom stereocenters. The second-order valence-corrected chi connectivity index (χ2v) is 17.3. The standard InChI is InChI=1S/C63H40N4O/c1-3-11-40(12-4-1)42-27-35-50(36-28-42)61-64-55-39-52-15-7-8-16-53(52)57(55)59(65-61)48-31-23-46(24-32-48)44-19-21-45(22-20-44)47-25-33-49(34-26-47)60-58-54-17-9-10-18-56(54)68-63(58)67-62(66-60)51-37-29-43(30-38-51)41-13-5-2-6-14-41/h1-38H,39H2. The summed E-state index contributed by atoms with van der Waals surface area (Å²) >= 11 is 0. The number of hydrogen-bond donors (Lipinski definition) is 0. The average molecular weight is 869 g/mol. The van der Waals surface area contributed by atoms with E-state index in [0.29, 0.717) is 11.5 Å². The van der Waals surface area contributed by atoms with Gasteiger partial charge in [-0.25, -0.2) is 15.0 Å². The molecule has 0 saturated heterocycles. The van der Waals surface area contributed by atoms with Gasteiger partial charge in [-0.15, -0.1) is 0 Å². The number of para-hydroxylation sites is 1. The van der Waals surface area contributed by atoms with Crippen LogP contribution in [0.4, 0.5) is 0 Å². The lowest BCUT2D eigenvalue weighted by Gasteiger charge is -2.13. The second-order valence-electron chi connectivity index (χ2n) is 17.3. The summed E-state index contributed by atoms with van der Waals surface area (Å²) in [4.78, 5) is 20.6. The maximum atomic E-state index is 6.35. The molecule has 0 bridgehead atoms. The van der Waals surface area contributed by atoms with Crippen molar-refractivity contribution in [3.63, 3.8) is 0 Å². The Labute approximate surface area is 393 Å². The van der Waals surface area contributed by atoms with Crippen molar-refractivity contribution in [2.75, 3.05) is 0 Å². The highest BCUT2D eigenvalue weighted by Crippen LogP contribution is 2.43. The van der Waals surface area contributed by atoms with E-state index in [2.05, 4.69) is 200 Å². The molecule has 318 valence electrons. The Balaban J connectivity index is 0.790. The normalized spacial score (nSPS) is 11.8. The molecule has 0 amide bonds. The summed E-state index contributed by atoms with van der Waals surface area (Å²) < 4.78 is 6.35. The molecule has 0 spiro atoms. The van der Waals surface area contributed by atoms with E-state index in [-0.39, 0.29) is 0 Å². The van der Waals surface area contributed by atoms with E-state index in [1.807, 2.05) is 30.3 Å². The van der Waals surface area contributed by atoms with Crippen molar-refractivity contribution < 1.29 is 4.42 Å². The van der Waals surface area contributed by atoms with Crippen molar-refractivity contribution >= 4 is 22.1 Å². The van der Waals surface area contributed by atoms with Gasteiger partial charge in [-0.2, -0.15) is 4.98 Å². The zero-order valence-electron chi connectivity index (χ0n) is 36.8. The van der Waals surface area contributed by atoms with Crippen molar-refractivity contribution in [2.24, 2.45) is 0 Å². The summed E-state index contributed by atoms with van der Waals surface area (Å²) in [6.07, 6.45) is 0.793. The molecule has 13 rings (SSSR count). The molecule has 9 aromatic carbocycles. The van der Waals surface area contributed by atoms with Crippen LogP contribution in [0.15, 0.2) is 235 Å². The van der Waals surface area contributed by atoms with Crippen LogP contribution in [0.2, 0.25) is 0 Å². The van der Waals surface area contributed by atoms with Gasteiger partial charge in [0.2, 0.25) is 5.71 Å². The van der Waals surface area contributed by atoms with E-state index in [9.17, 15) is 0 Å². The van der Waals surface area contributed by atoms with E-state index in [0.717, 1.165) is 101 Å². The molecule has 1 aliphatic carbocycles. The predicted molar refractivity (Wildman–Crippen MR) is 277 cm³/mol. The van der Waals surface area contributed by atoms with E-state index in [1.54, 1.807) is 0 Å². The van der Waals surface area contributed by atoms with Gasteiger partial charge in [-0.3, -0.25) is 0 Å². The molecule has 0 aliphatic heterocycles. The fourth-order valence-electron chi connectivity index (χ4n) is 9.70. The number of nitrogens with zero attached hydrogens (tertiary/aromatic N) is 4. The minimum Gasteiger partial charge on any atom is -0.438 e. The third-order valence-corrected chi connectivity index (χ3v) is 13.2. The topological polar surface area (TPSA) is 64.7 Å². The molecule has 3 heterocycles. The minimum atomic E-state index is 0.576. The largest absolute Gasteiger partial charge is 0.438 e. The summed E-state index contributed by atoms with van der Waals surface area (Å²) in [7, 11) is 0. The van der Waals surface area contributed by atoms with Crippen LogP contribution in [-0.4, -0.2) is 19.9 Å². The fourth-order valence-corrected chi connectivity index (χ4v) is 9.70. The van der Waals surface area contributed by atoms with Crippen LogP contribution < -0.4 is 0 Å². The summed E-state index contributed by atoms with van der Waals surface area (Å²) in [5.41, 5.74) is 21.1. The smallest absolute Gasteiger partial charge is 0.231 e. The maximum absolute atomic E-state index is 6.35. The summed E-state index contributed by atoms with van der Waals surface area (Å²) in [6, 6.07) is 80.8. The molecule has 5 nitrogen and oxygen atoms in total. The van der Waals surface area contributed by atoms with Gasteiger partial charge in [0.25, 0.3) is 0 Å². The average Bonchev–Trinajstić information content (AvgIpc) is 4.00. The molecule has 1 aliphatic rings. The summed E-state index contributed by atoms with van der Waals surface area (Å²) in [6.45, 7) is 0. The lowest BCUT2D eigenvalue weighted by molar-refractivity contribution is 0.653. The zero-order valence-corrected chi connectivity index (χ0v) is 36.8. The van der Waals surface area contributed by atoms with Crippen molar-refractivity contribution in [3.8, 4) is 101 Å². The summed E-state index contributed by atoms with van der Waals surface area (Å²) in [5.74, 6) is 1.37. The van der Waals surface area contributed by atoms with Gasteiger partial charge in [0.1, 0.15) is 5.58 Å². The molecule has 5 heteroatoms. The lowest BCUT2D eigenvalue weighted by Crippen LogP contribution is -1.99. The van der Waals surface area contributed by atoms with Gasteiger partial charge in [0, 0.05) is 39.6 Å². The van der Waals surface area contributed by atoms with Crippen LogP contribution in [0.1, 0.15) is 11.3 Å². The number of rotatable bonds is 8. The number of hydrogen-bond acceptors (Lipinski definition) is 5. The monoisotopic (exact) mass is 868 g/mol. The van der Waals surface area contributed by atoms with Gasteiger partial charge in [0.15, 0.2) is 11.6 Å². The molecular formula is C63H40N4O. The van der Waals surface area contributed by atoms with Crippen LogP contribution in [0.3, 0.4) is 0 Å². The van der Waals surface area contributed by atoms with Gasteiger partial charge < -0.3 is 4.42 Å². The van der Waals surface area contributed by atoms with E-state index in [1.165, 1.54) is 27.8 Å². The highest BCUT2D eigenvalue weighted by molar-refractivity contribution is 6.10. The Morgan fingerprint density at radius 1 is 0.309 bits per heavy atom. The van der Waals surface area contributed by atoms with Gasteiger partial charge >= 0.3 is 0 Å². The third kappa shape index (κ3) is 7.05. The van der Waals surface area contributed by atoms with Crippen LogP contribution in [0.25, 0.3) is 123 Å². The lowest BCUT2D eigenvalue weighted by atomic mass is 9.96. The Morgan fingerprint density at radius 2 is 0.706 bits per heavy atom. The van der Waals surface area contributed by atoms with Gasteiger partial charge in [-0.05, 0) is 61.7 Å². The molecule has 0 atom stereocenters. The van der Waals surface area contributed by atoms with Crippen molar-refractivity contribution in [1.29, 1.82) is 0 Å². The van der Waals surface area contributed by atoms with Gasteiger partial charge in [-0.1, -0.05) is 224 Å². The number of furan rings is 1. The predicted octanol–water partition coefficient (Wildman–Crippen LogP) is 16.1. The SMILES string of the molecule is c1ccc(-c2ccc(-c3nc4c(c(-c5ccc(-c6ccc(-c7ccc(-c8nc(-c9ccc(-c%10ccccc%10)cc9)nc9oc%10ccccc%10c89)cc7)cc6)cc5)n3)-c3ccccc3C4)cc2)cc1. The van der Waals surface area contributed by atoms with Crippen LogP contribution >= 0.6 is 0 Å². The van der Waals surface area contributed by atoms with Crippen LogP contribution in [0.5, 0.6) is 0 Å². The van der Waals surface area contributed by atoms with E-state index >= 15 is 0 Å². The molecule has 0 radical (unpaired) electrons. The number of aromatic nitrogens is 4. The van der Waals surface area contributed by atoms with E-state index < -0.39 is 0 Å². The Morgan fingerprint density at radius 3 is 1.25 bits per heavy atom. The van der Waals surface area contributed by atoms with Gasteiger partial charge in [0.05, 0.1) is 22.5 Å². The molecule has 0 N–H and O–H groups in total. The molecule has 0 fully saturated rings. The number of benzene rings is 9. The van der Waals surface area contributed by atoms with Crippen molar-refractivity contribution in [2.45, 2.75) is 6.42 Å². The Kier molecular flexibility index (Phi) is 9.50. The van der Waals surface area contributed by atoms with Crippen LogP contribution in [0, 0.1) is 0 Å². The highest BCUT2D eigenvalue weighted by Gasteiger charge is 2.26. The van der Waals surface area contributed by atoms with E-state index in [4.69, 9.17) is 24.4 Å². The Hall–Kier alpha value is -9.06.